The Kier molecular flexibility index (Phi) is 6.16. The van der Waals surface area contributed by atoms with Gasteiger partial charge in [0.05, 0.1) is 6.54 Å². The van der Waals surface area contributed by atoms with Crippen LogP contribution in [0.1, 0.15) is 0 Å². The molecule has 0 aliphatic heterocycles. The molecule has 0 fully saturated rings. The van der Waals surface area contributed by atoms with Crippen LogP contribution in [0.15, 0.2) is 28.7 Å². The average molecular weight is 316 g/mol. The van der Waals surface area contributed by atoms with E-state index < -0.39 is 6.09 Å². The predicted octanol–water partition coefficient (Wildman–Crippen LogP) is 1.07. The van der Waals surface area contributed by atoms with Crippen LogP contribution < -0.4 is 16.4 Å². The zero-order valence-corrected chi connectivity index (χ0v) is 11.2. The molecule has 1 rings (SSSR count). The molecule has 18 heavy (non-hydrogen) atoms. The van der Waals surface area contributed by atoms with E-state index >= 15 is 0 Å². The fourth-order valence-electron chi connectivity index (χ4n) is 1.20. The van der Waals surface area contributed by atoms with Crippen molar-refractivity contribution in [3.05, 3.63) is 28.7 Å². The third-order valence-electron chi connectivity index (χ3n) is 1.92. The van der Waals surface area contributed by atoms with Crippen molar-refractivity contribution < 1.29 is 14.3 Å². The Labute approximate surface area is 113 Å². The lowest BCUT2D eigenvalue weighted by Gasteiger charge is -2.07. The van der Waals surface area contributed by atoms with E-state index in [1.165, 1.54) is 0 Å². The third-order valence-corrected chi connectivity index (χ3v) is 2.41. The van der Waals surface area contributed by atoms with Crippen molar-refractivity contribution in [3.63, 3.8) is 0 Å². The van der Waals surface area contributed by atoms with Gasteiger partial charge >= 0.3 is 6.09 Å². The van der Waals surface area contributed by atoms with Gasteiger partial charge in [-0.1, -0.05) is 22.0 Å². The van der Waals surface area contributed by atoms with E-state index in [0.717, 1.165) is 4.47 Å². The van der Waals surface area contributed by atoms with Gasteiger partial charge in [0.15, 0.2) is 0 Å². The fourth-order valence-corrected chi connectivity index (χ4v) is 1.60. The number of anilines is 1. The zero-order chi connectivity index (χ0) is 13.4. The molecule has 4 N–H and O–H groups in total. The van der Waals surface area contributed by atoms with Crippen LogP contribution >= 0.6 is 15.9 Å². The number of hydrogen-bond donors (Lipinski definition) is 3. The molecule has 98 valence electrons. The number of hydrogen-bond acceptors (Lipinski definition) is 4. The van der Waals surface area contributed by atoms with Crippen LogP contribution in [-0.4, -0.2) is 31.7 Å². The average Bonchev–Trinajstić information content (AvgIpc) is 2.28. The molecule has 1 aromatic carbocycles. The van der Waals surface area contributed by atoms with Gasteiger partial charge in [-0.05, 0) is 18.2 Å². The monoisotopic (exact) mass is 315 g/mol. The van der Waals surface area contributed by atoms with Gasteiger partial charge in [0, 0.05) is 16.7 Å². The molecule has 1 aromatic rings. The van der Waals surface area contributed by atoms with Gasteiger partial charge in [-0.3, -0.25) is 4.79 Å². The van der Waals surface area contributed by atoms with Gasteiger partial charge in [-0.15, -0.1) is 0 Å². The van der Waals surface area contributed by atoms with Crippen molar-refractivity contribution in [2.45, 2.75) is 0 Å². The smallest absolute Gasteiger partial charge is 0.404 e. The summed E-state index contributed by atoms with van der Waals surface area (Å²) >= 11 is 3.31. The lowest BCUT2D eigenvalue weighted by molar-refractivity contribution is -0.115. The highest BCUT2D eigenvalue weighted by atomic mass is 79.9. The Morgan fingerprint density at radius 3 is 2.83 bits per heavy atom. The molecule has 0 aromatic heterocycles. The van der Waals surface area contributed by atoms with Crippen molar-refractivity contribution in [3.8, 4) is 0 Å². The Morgan fingerprint density at radius 2 is 2.17 bits per heavy atom. The second-order valence-electron chi connectivity index (χ2n) is 3.40. The second kappa shape index (κ2) is 7.67. The SMILES string of the molecule is NC(=O)OCCNCC(=O)Nc1cccc(Br)c1. The third kappa shape index (κ3) is 6.21. The normalized spacial score (nSPS) is 9.83. The molecule has 0 heterocycles. The molecule has 2 amide bonds. The molecule has 0 aliphatic rings. The molecule has 0 bridgehead atoms. The highest BCUT2D eigenvalue weighted by molar-refractivity contribution is 9.10. The highest BCUT2D eigenvalue weighted by Gasteiger charge is 2.02. The van der Waals surface area contributed by atoms with Crippen molar-refractivity contribution in [2.24, 2.45) is 5.73 Å². The van der Waals surface area contributed by atoms with Crippen LogP contribution in [0.2, 0.25) is 0 Å². The van der Waals surface area contributed by atoms with E-state index in [0.29, 0.717) is 12.2 Å². The summed E-state index contributed by atoms with van der Waals surface area (Å²) in [6, 6.07) is 7.29. The minimum Gasteiger partial charge on any atom is -0.448 e. The largest absolute Gasteiger partial charge is 0.448 e. The fraction of sp³-hybridized carbons (Fsp3) is 0.273. The van der Waals surface area contributed by atoms with Gasteiger partial charge < -0.3 is 21.1 Å². The van der Waals surface area contributed by atoms with E-state index in [-0.39, 0.29) is 19.1 Å². The molecule has 6 nitrogen and oxygen atoms in total. The summed E-state index contributed by atoms with van der Waals surface area (Å²) in [5.41, 5.74) is 5.49. The Bertz CT molecular complexity index is 426. The van der Waals surface area contributed by atoms with Crippen LogP contribution in [0, 0.1) is 0 Å². The molecule has 0 spiro atoms. The lowest BCUT2D eigenvalue weighted by Crippen LogP contribution is -2.31. The molecule has 0 radical (unpaired) electrons. The first kappa shape index (κ1) is 14.5. The van der Waals surface area contributed by atoms with Gasteiger partial charge in [-0.2, -0.15) is 0 Å². The first-order valence-electron chi connectivity index (χ1n) is 5.26. The van der Waals surface area contributed by atoms with Crippen molar-refractivity contribution in [1.29, 1.82) is 0 Å². The quantitative estimate of drug-likeness (QED) is 0.685. The number of halogens is 1. The van der Waals surface area contributed by atoms with Crippen molar-refractivity contribution in [2.75, 3.05) is 25.0 Å². The molecule has 0 saturated carbocycles. The topological polar surface area (TPSA) is 93.5 Å². The summed E-state index contributed by atoms with van der Waals surface area (Å²) in [6.07, 6.45) is -0.824. The number of rotatable bonds is 6. The van der Waals surface area contributed by atoms with Crippen LogP contribution in [-0.2, 0) is 9.53 Å². The summed E-state index contributed by atoms with van der Waals surface area (Å²) in [4.78, 5) is 21.8. The summed E-state index contributed by atoms with van der Waals surface area (Å²) in [5.74, 6) is -0.174. The maximum absolute atomic E-state index is 11.5. The summed E-state index contributed by atoms with van der Waals surface area (Å²) < 4.78 is 5.39. The van der Waals surface area contributed by atoms with Gasteiger partial charge in [0.25, 0.3) is 0 Å². The van der Waals surface area contributed by atoms with Crippen LogP contribution in [0.4, 0.5) is 10.5 Å². The van der Waals surface area contributed by atoms with E-state index in [4.69, 9.17) is 5.73 Å². The first-order valence-corrected chi connectivity index (χ1v) is 6.05. The van der Waals surface area contributed by atoms with Crippen LogP contribution in [0.3, 0.4) is 0 Å². The van der Waals surface area contributed by atoms with Crippen molar-refractivity contribution in [1.82, 2.24) is 5.32 Å². The molecule has 0 unspecified atom stereocenters. The summed E-state index contributed by atoms with van der Waals surface area (Å²) in [6.45, 7) is 0.642. The highest BCUT2D eigenvalue weighted by Crippen LogP contribution is 2.15. The van der Waals surface area contributed by atoms with Gasteiger partial charge in [0.1, 0.15) is 6.61 Å². The van der Waals surface area contributed by atoms with Gasteiger partial charge in [0.2, 0.25) is 5.91 Å². The Hall–Kier alpha value is -1.60. The molecule has 0 saturated heterocycles. The Morgan fingerprint density at radius 1 is 1.39 bits per heavy atom. The first-order chi connectivity index (χ1) is 8.58. The van der Waals surface area contributed by atoms with E-state index in [9.17, 15) is 9.59 Å². The number of benzene rings is 1. The number of primary amides is 1. The number of ether oxygens (including phenoxy) is 1. The number of nitrogens with one attached hydrogen (secondary N) is 2. The summed E-state index contributed by atoms with van der Waals surface area (Å²) in [5, 5.41) is 5.54. The van der Waals surface area contributed by atoms with E-state index in [1.807, 2.05) is 12.1 Å². The summed E-state index contributed by atoms with van der Waals surface area (Å²) in [7, 11) is 0. The standard InChI is InChI=1S/C11H14BrN3O3/c12-8-2-1-3-9(6-8)15-10(16)7-14-4-5-18-11(13)17/h1-3,6,14H,4-5,7H2,(H2,13,17)(H,15,16). The van der Waals surface area contributed by atoms with Crippen LogP contribution in [0.5, 0.6) is 0 Å². The Balaban J connectivity index is 2.20. The minimum absolute atomic E-state index is 0.134. The minimum atomic E-state index is -0.824. The number of carbonyl (C=O) groups is 2. The maximum Gasteiger partial charge on any atom is 0.404 e. The van der Waals surface area contributed by atoms with Crippen LogP contribution in [0.25, 0.3) is 0 Å². The molecular formula is C11H14BrN3O3. The van der Waals surface area contributed by atoms with E-state index in [2.05, 4.69) is 31.3 Å². The molecular weight excluding hydrogens is 302 g/mol. The second-order valence-corrected chi connectivity index (χ2v) is 4.32. The number of nitrogens with two attached hydrogens (primary N) is 1. The zero-order valence-electron chi connectivity index (χ0n) is 9.61. The molecule has 7 heteroatoms. The number of carbonyl (C=O) groups excluding carboxylic acids is 2. The molecule has 0 aliphatic carbocycles. The maximum atomic E-state index is 11.5. The molecule has 0 atom stereocenters. The predicted molar refractivity (Wildman–Crippen MR) is 71.2 cm³/mol. The van der Waals surface area contributed by atoms with Gasteiger partial charge in [-0.25, -0.2) is 4.79 Å². The lowest BCUT2D eigenvalue weighted by atomic mass is 10.3. The van der Waals surface area contributed by atoms with E-state index in [1.54, 1.807) is 12.1 Å². The number of amides is 2. The van der Waals surface area contributed by atoms with Crippen molar-refractivity contribution >= 4 is 33.6 Å².